The second-order valence-corrected chi connectivity index (χ2v) is 4.27. The van der Waals surface area contributed by atoms with Crippen molar-refractivity contribution in [2.24, 2.45) is 5.92 Å². The first kappa shape index (κ1) is 10.9. The van der Waals surface area contributed by atoms with Crippen molar-refractivity contribution in [3.05, 3.63) is 18.0 Å². The molecule has 1 saturated heterocycles. The summed E-state index contributed by atoms with van der Waals surface area (Å²) in [6.07, 6.45) is 5.11. The van der Waals surface area contributed by atoms with Gasteiger partial charge in [0.1, 0.15) is 0 Å². The van der Waals surface area contributed by atoms with E-state index in [4.69, 9.17) is 5.11 Å². The Kier molecular flexibility index (Phi) is 3.03. The number of carboxylic acid groups (broad SMARTS) is 1. The van der Waals surface area contributed by atoms with Crippen molar-refractivity contribution in [2.75, 3.05) is 18.0 Å². The average Bonchev–Trinajstić information content (AvgIpc) is 2.29. The van der Waals surface area contributed by atoms with E-state index < -0.39 is 5.97 Å². The van der Waals surface area contributed by atoms with E-state index in [1.165, 1.54) is 18.8 Å². The van der Waals surface area contributed by atoms with E-state index in [9.17, 15) is 4.79 Å². The van der Waals surface area contributed by atoms with Gasteiger partial charge in [-0.05, 0) is 18.8 Å². The Hall–Kier alpha value is -1.65. The topological polar surface area (TPSA) is 66.3 Å². The summed E-state index contributed by atoms with van der Waals surface area (Å²) in [6, 6.07) is 0. The zero-order chi connectivity index (χ0) is 11.5. The first-order chi connectivity index (χ1) is 7.66. The van der Waals surface area contributed by atoms with E-state index in [0.717, 1.165) is 19.5 Å². The highest BCUT2D eigenvalue weighted by atomic mass is 16.4. The molecule has 86 valence electrons. The highest BCUT2D eigenvalue weighted by Crippen LogP contribution is 2.19. The molecule has 5 heteroatoms. The maximum absolute atomic E-state index is 10.6. The number of anilines is 1. The van der Waals surface area contributed by atoms with Gasteiger partial charge >= 0.3 is 5.97 Å². The monoisotopic (exact) mass is 221 g/mol. The Bertz CT molecular complexity index is 377. The normalized spacial score (nSPS) is 20.8. The fourth-order valence-corrected chi connectivity index (χ4v) is 1.97. The minimum Gasteiger partial charge on any atom is -0.478 e. The molecular formula is C11H15N3O2. The Morgan fingerprint density at radius 2 is 2.19 bits per heavy atom. The van der Waals surface area contributed by atoms with Crippen LogP contribution in [0.15, 0.2) is 12.4 Å². The summed E-state index contributed by atoms with van der Waals surface area (Å²) in [7, 11) is 0. The molecule has 1 aromatic heterocycles. The molecule has 0 spiro atoms. The van der Waals surface area contributed by atoms with Gasteiger partial charge in [0.25, 0.3) is 0 Å². The SMILES string of the molecule is C[C@@H]1CCCN(c2ncc(C(=O)O)cn2)C1. The van der Waals surface area contributed by atoms with E-state index in [1.807, 2.05) is 0 Å². The number of nitrogens with zero attached hydrogens (tertiary/aromatic N) is 3. The standard InChI is InChI=1S/C11H15N3O2/c1-8-3-2-4-14(7-8)11-12-5-9(6-13-11)10(15)16/h5-6,8H,2-4,7H2,1H3,(H,15,16)/t8-/m1/s1. The predicted molar refractivity (Wildman–Crippen MR) is 59.6 cm³/mol. The van der Waals surface area contributed by atoms with Gasteiger partial charge in [-0.3, -0.25) is 0 Å². The molecule has 1 N–H and O–H groups in total. The van der Waals surface area contributed by atoms with Gasteiger partial charge in [0, 0.05) is 25.5 Å². The zero-order valence-corrected chi connectivity index (χ0v) is 9.26. The molecule has 1 aromatic rings. The van der Waals surface area contributed by atoms with Gasteiger partial charge in [0.05, 0.1) is 5.56 Å². The van der Waals surface area contributed by atoms with Crippen LogP contribution in [0.1, 0.15) is 30.1 Å². The Morgan fingerprint density at radius 3 is 2.75 bits per heavy atom. The number of carboxylic acids is 1. The van der Waals surface area contributed by atoms with E-state index in [1.54, 1.807) is 0 Å². The number of hydrogen-bond acceptors (Lipinski definition) is 4. The second kappa shape index (κ2) is 4.47. The summed E-state index contributed by atoms with van der Waals surface area (Å²) in [5.41, 5.74) is 0.133. The van der Waals surface area contributed by atoms with Crippen molar-refractivity contribution < 1.29 is 9.90 Å². The third-order valence-corrected chi connectivity index (χ3v) is 2.83. The lowest BCUT2D eigenvalue weighted by Gasteiger charge is -2.30. The highest BCUT2D eigenvalue weighted by molar-refractivity contribution is 5.86. The van der Waals surface area contributed by atoms with Crippen LogP contribution in [0, 0.1) is 5.92 Å². The number of piperidine rings is 1. The van der Waals surface area contributed by atoms with Gasteiger partial charge in [0.2, 0.25) is 5.95 Å². The van der Waals surface area contributed by atoms with Crippen LogP contribution in [-0.2, 0) is 0 Å². The van der Waals surface area contributed by atoms with Crippen LogP contribution in [0.4, 0.5) is 5.95 Å². The molecule has 16 heavy (non-hydrogen) atoms. The second-order valence-electron chi connectivity index (χ2n) is 4.27. The summed E-state index contributed by atoms with van der Waals surface area (Å²) >= 11 is 0. The van der Waals surface area contributed by atoms with E-state index in [0.29, 0.717) is 11.9 Å². The molecule has 1 aliphatic heterocycles. The molecule has 0 aliphatic carbocycles. The molecule has 0 radical (unpaired) electrons. The Morgan fingerprint density at radius 1 is 1.50 bits per heavy atom. The highest BCUT2D eigenvalue weighted by Gasteiger charge is 2.18. The summed E-state index contributed by atoms with van der Waals surface area (Å²) in [5.74, 6) is 0.298. The largest absolute Gasteiger partial charge is 0.478 e. The zero-order valence-electron chi connectivity index (χ0n) is 9.26. The lowest BCUT2D eigenvalue weighted by Crippen LogP contribution is -2.35. The molecule has 0 amide bonds. The third kappa shape index (κ3) is 2.29. The lowest BCUT2D eigenvalue weighted by molar-refractivity contribution is 0.0696. The molecule has 0 bridgehead atoms. The van der Waals surface area contributed by atoms with Crippen LogP contribution in [0.2, 0.25) is 0 Å². The lowest BCUT2D eigenvalue weighted by atomic mass is 10.0. The Labute approximate surface area is 94.1 Å². The van der Waals surface area contributed by atoms with E-state index in [2.05, 4.69) is 21.8 Å². The summed E-state index contributed by atoms with van der Waals surface area (Å²) in [4.78, 5) is 20.9. The number of carbonyl (C=O) groups is 1. The van der Waals surface area contributed by atoms with Gasteiger partial charge in [-0.2, -0.15) is 0 Å². The van der Waals surface area contributed by atoms with Crippen molar-refractivity contribution in [3.63, 3.8) is 0 Å². The van der Waals surface area contributed by atoms with Crippen LogP contribution in [0.25, 0.3) is 0 Å². The smallest absolute Gasteiger partial charge is 0.338 e. The van der Waals surface area contributed by atoms with Crippen molar-refractivity contribution in [2.45, 2.75) is 19.8 Å². The van der Waals surface area contributed by atoms with Gasteiger partial charge in [-0.15, -0.1) is 0 Å². The molecule has 2 heterocycles. The van der Waals surface area contributed by atoms with E-state index in [-0.39, 0.29) is 5.56 Å². The molecule has 1 aliphatic rings. The van der Waals surface area contributed by atoms with Crippen LogP contribution in [0.3, 0.4) is 0 Å². The van der Waals surface area contributed by atoms with Crippen LogP contribution in [-0.4, -0.2) is 34.1 Å². The third-order valence-electron chi connectivity index (χ3n) is 2.83. The van der Waals surface area contributed by atoms with Crippen molar-refractivity contribution in [3.8, 4) is 0 Å². The molecule has 1 fully saturated rings. The molecule has 1 atom stereocenters. The summed E-state index contributed by atoms with van der Waals surface area (Å²) in [5, 5.41) is 8.73. The van der Waals surface area contributed by atoms with Gasteiger partial charge < -0.3 is 10.0 Å². The first-order valence-corrected chi connectivity index (χ1v) is 5.47. The maximum Gasteiger partial charge on any atom is 0.338 e. The summed E-state index contributed by atoms with van der Waals surface area (Å²) in [6.45, 7) is 4.11. The summed E-state index contributed by atoms with van der Waals surface area (Å²) < 4.78 is 0. The van der Waals surface area contributed by atoms with Crippen molar-refractivity contribution >= 4 is 11.9 Å². The minimum atomic E-state index is -0.987. The van der Waals surface area contributed by atoms with Crippen LogP contribution >= 0.6 is 0 Å². The molecule has 0 unspecified atom stereocenters. The quantitative estimate of drug-likeness (QED) is 0.817. The number of aromatic carboxylic acids is 1. The number of hydrogen-bond donors (Lipinski definition) is 1. The van der Waals surface area contributed by atoms with Crippen molar-refractivity contribution in [1.29, 1.82) is 0 Å². The molecule has 0 aromatic carbocycles. The van der Waals surface area contributed by atoms with Gasteiger partial charge in [-0.25, -0.2) is 14.8 Å². The van der Waals surface area contributed by atoms with Gasteiger partial charge in [-0.1, -0.05) is 6.92 Å². The molecular weight excluding hydrogens is 206 g/mol. The first-order valence-electron chi connectivity index (χ1n) is 5.47. The molecule has 5 nitrogen and oxygen atoms in total. The maximum atomic E-state index is 10.6. The fourth-order valence-electron chi connectivity index (χ4n) is 1.97. The number of aromatic nitrogens is 2. The average molecular weight is 221 g/mol. The van der Waals surface area contributed by atoms with Gasteiger partial charge in [0.15, 0.2) is 0 Å². The number of rotatable bonds is 2. The Balaban J connectivity index is 2.11. The van der Waals surface area contributed by atoms with Crippen LogP contribution in [0.5, 0.6) is 0 Å². The molecule has 2 rings (SSSR count). The van der Waals surface area contributed by atoms with Crippen LogP contribution < -0.4 is 4.90 Å². The van der Waals surface area contributed by atoms with Crippen molar-refractivity contribution in [1.82, 2.24) is 9.97 Å². The molecule has 0 saturated carbocycles. The fraction of sp³-hybridized carbons (Fsp3) is 0.545. The minimum absolute atomic E-state index is 0.133. The van der Waals surface area contributed by atoms with E-state index >= 15 is 0 Å². The predicted octanol–water partition coefficient (Wildman–Crippen LogP) is 1.41.